The van der Waals surface area contributed by atoms with E-state index in [-0.39, 0.29) is 18.2 Å². The van der Waals surface area contributed by atoms with Gasteiger partial charge in [-0.05, 0) is 31.2 Å². The number of carbonyl (C=O) groups excluding carboxylic acids is 1. The minimum absolute atomic E-state index is 0.0253. The van der Waals surface area contributed by atoms with Crippen LogP contribution >= 0.6 is 0 Å². The Morgan fingerprint density at radius 3 is 2.33 bits per heavy atom. The van der Waals surface area contributed by atoms with Crippen LogP contribution in [0.4, 0.5) is 5.69 Å². The van der Waals surface area contributed by atoms with Crippen LogP contribution in [0.15, 0.2) is 24.3 Å². The first-order valence-electron chi connectivity index (χ1n) is 8.10. The monoisotopic (exact) mass is 334 g/mol. The molecule has 0 saturated heterocycles. The number of carboxylic acids is 1. The minimum Gasteiger partial charge on any atom is -0.480 e. The van der Waals surface area contributed by atoms with E-state index in [0.29, 0.717) is 5.56 Å². The highest BCUT2D eigenvalue weighted by molar-refractivity contribution is 6.01. The molecule has 0 bridgehead atoms. The van der Waals surface area contributed by atoms with Crippen molar-refractivity contribution in [3.63, 3.8) is 0 Å². The minimum atomic E-state index is -1.44. The van der Waals surface area contributed by atoms with E-state index in [2.05, 4.69) is 5.32 Å². The lowest BCUT2D eigenvalue weighted by atomic mass is 9.69. The summed E-state index contributed by atoms with van der Waals surface area (Å²) in [7, 11) is 0. The first-order valence-corrected chi connectivity index (χ1v) is 8.10. The number of carbonyl (C=O) groups is 2. The van der Waals surface area contributed by atoms with Crippen molar-refractivity contribution in [2.24, 2.45) is 11.3 Å². The summed E-state index contributed by atoms with van der Waals surface area (Å²) in [6.45, 7) is 1.64. The number of nitro groups is 1. The third-order valence-corrected chi connectivity index (χ3v) is 4.94. The van der Waals surface area contributed by atoms with Gasteiger partial charge in [0, 0.05) is 18.7 Å². The second-order valence-electron chi connectivity index (χ2n) is 6.45. The van der Waals surface area contributed by atoms with Gasteiger partial charge in [-0.25, -0.2) is 0 Å². The van der Waals surface area contributed by atoms with E-state index >= 15 is 0 Å². The SMILES string of the molecule is CC(C(=O)O)(C(=O)NCc1ccc([N+](=O)[O-])cc1)C1CCCCC1. The number of benzene rings is 1. The molecule has 7 nitrogen and oxygen atoms in total. The molecule has 7 heteroatoms. The van der Waals surface area contributed by atoms with Crippen LogP contribution in [0.2, 0.25) is 0 Å². The summed E-state index contributed by atoms with van der Waals surface area (Å²) in [6.07, 6.45) is 4.46. The Balaban J connectivity index is 2.05. The van der Waals surface area contributed by atoms with E-state index in [1.807, 2.05) is 0 Å². The van der Waals surface area contributed by atoms with Gasteiger partial charge in [-0.2, -0.15) is 0 Å². The molecule has 2 rings (SSSR count). The molecule has 1 saturated carbocycles. The molecule has 1 aliphatic carbocycles. The molecular formula is C17H22N2O5. The normalized spacial score (nSPS) is 17.7. The van der Waals surface area contributed by atoms with E-state index in [4.69, 9.17) is 0 Å². The fourth-order valence-corrected chi connectivity index (χ4v) is 3.24. The molecule has 0 radical (unpaired) electrons. The van der Waals surface area contributed by atoms with E-state index in [0.717, 1.165) is 32.1 Å². The summed E-state index contributed by atoms with van der Waals surface area (Å²) in [5.41, 5.74) is -0.783. The molecule has 0 aromatic heterocycles. The first-order chi connectivity index (χ1) is 11.4. The van der Waals surface area contributed by atoms with Gasteiger partial charge >= 0.3 is 5.97 Å². The highest BCUT2D eigenvalue weighted by Gasteiger charge is 2.48. The fraction of sp³-hybridized carbons (Fsp3) is 0.529. The Morgan fingerprint density at radius 2 is 1.83 bits per heavy atom. The number of aliphatic carboxylic acids is 1. The molecule has 1 aromatic carbocycles. The molecule has 1 aliphatic rings. The summed E-state index contributed by atoms with van der Waals surface area (Å²) in [4.78, 5) is 34.4. The molecule has 0 heterocycles. The lowest BCUT2D eigenvalue weighted by molar-refractivity contribution is -0.384. The van der Waals surface area contributed by atoms with E-state index in [1.165, 1.54) is 19.1 Å². The van der Waals surface area contributed by atoms with Crippen LogP contribution < -0.4 is 5.32 Å². The molecule has 0 spiro atoms. The standard InChI is InChI=1S/C17H22N2O5/c1-17(16(21)22,13-5-3-2-4-6-13)15(20)18-11-12-7-9-14(10-8-12)19(23)24/h7-10,13H,2-6,11H2,1H3,(H,18,20)(H,21,22). The molecule has 1 aromatic rings. The Morgan fingerprint density at radius 1 is 1.25 bits per heavy atom. The fourth-order valence-electron chi connectivity index (χ4n) is 3.24. The number of nitrogens with one attached hydrogen (secondary N) is 1. The Kier molecular flexibility index (Phi) is 5.54. The summed E-state index contributed by atoms with van der Waals surface area (Å²) in [5, 5.41) is 22.9. The molecular weight excluding hydrogens is 312 g/mol. The van der Waals surface area contributed by atoms with Crippen molar-refractivity contribution in [2.75, 3.05) is 0 Å². The van der Waals surface area contributed by atoms with Gasteiger partial charge in [0.05, 0.1) is 4.92 Å². The number of nitro benzene ring substituents is 1. The van der Waals surface area contributed by atoms with Gasteiger partial charge in [0.15, 0.2) is 0 Å². The van der Waals surface area contributed by atoms with Crippen molar-refractivity contribution in [1.29, 1.82) is 0 Å². The average molecular weight is 334 g/mol. The molecule has 1 fully saturated rings. The van der Waals surface area contributed by atoms with E-state index < -0.39 is 22.2 Å². The zero-order chi connectivity index (χ0) is 17.7. The second-order valence-corrected chi connectivity index (χ2v) is 6.45. The highest BCUT2D eigenvalue weighted by Crippen LogP contribution is 2.39. The lowest BCUT2D eigenvalue weighted by Crippen LogP contribution is -2.49. The van der Waals surface area contributed by atoms with Crippen molar-refractivity contribution in [1.82, 2.24) is 5.32 Å². The van der Waals surface area contributed by atoms with Crippen LogP contribution in [0, 0.1) is 21.4 Å². The molecule has 1 atom stereocenters. The lowest BCUT2D eigenvalue weighted by Gasteiger charge is -2.35. The van der Waals surface area contributed by atoms with Crippen molar-refractivity contribution in [3.05, 3.63) is 39.9 Å². The van der Waals surface area contributed by atoms with Crippen LogP contribution in [0.1, 0.15) is 44.6 Å². The number of nitrogens with zero attached hydrogens (tertiary/aromatic N) is 1. The maximum absolute atomic E-state index is 12.6. The predicted molar refractivity (Wildman–Crippen MR) is 87.3 cm³/mol. The zero-order valence-corrected chi connectivity index (χ0v) is 13.7. The van der Waals surface area contributed by atoms with Gasteiger partial charge < -0.3 is 10.4 Å². The largest absolute Gasteiger partial charge is 0.480 e. The smallest absolute Gasteiger partial charge is 0.319 e. The highest BCUT2D eigenvalue weighted by atomic mass is 16.6. The summed E-state index contributed by atoms with van der Waals surface area (Å²) in [6, 6.07) is 5.83. The molecule has 24 heavy (non-hydrogen) atoms. The van der Waals surface area contributed by atoms with E-state index in [9.17, 15) is 24.8 Å². The summed E-state index contributed by atoms with van der Waals surface area (Å²) >= 11 is 0. The number of hydrogen-bond donors (Lipinski definition) is 2. The van der Waals surface area contributed by atoms with Crippen molar-refractivity contribution < 1.29 is 19.6 Å². The second kappa shape index (κ2) is 7.42. The summed E-state index contributed by atoms with van der Waals surface area (Å²) in [5.74, 6) is -1.77. The molecule has 0 aliphatic heterocycles. The summed E-state index contributed by atoms with van der Waals surface area (Å²) < 4.78 is 0. The van der Waals surface area contributed by atoms with Crippen molar-refractivity contribution in [3.8, 4) is 0 Å². The Hall–Kier alpha value is -2.44. The van der Waals surface area contributed by atoms with Gasteiger partial charge in [-0.1, -0.05) is 31.4 Å². The Bertz CT molecular complexity index is 622. The predicted octanol–water partition coefficient (Wildman–Crippen LogP) is 2.88. The number of hydrogen-bond acceptors (Lipinski definition) is 4. The first kappa shape index (κ1) is 17.9. The van der Waals surface area contributed by atoms with Crippen molar-refractivity contribution >= 4 is 17.6 Å². The molecule has 1 amide bonds. The van der Waals surface area contributed by atoms with Crippen LogP contribution in [-0.4, -0.2) is 21.9 Å². The van der Waals surface area contributed by atoms with Crippen LogP contribution in [0.5, 0.6) is 0 Å². The maximum atomic E-state index is 12.6. The van der Waals surface area contributed by atoms with Gasteiger partial charge in [0.25, 0.3) is 5.69 Å². The van der Waals surface area contributed by atoms with Crippen LogP contribution in [0.25, 0.3) is 0 Å². The number of non-ortho nitro benzene ring substituents is 1. The topological polar surface area (TPSA) is 110 Å². The Labute approximate surface area is 140 Å². The van der Waals surface area contributed by atoms with Gasteiger partial charge in [0.2, 0.25) is 5.91 Å². The maximum Gasteiger partial charge on any atom is 0.319 e. The third-order valence-electron chi connectivity index (χ3n) is 4.94. The van der Waals surface area contributed by atoms with E-state index in [1.54, 1.807) is 12.1 Å². The van der Waals surface area contributed by atoms with Crippen LogP contribution in [-0.2, 0) is 16.1 Å². The van der Waals surface area contributed by atoms with Crippen LogP contribution in [0.3, 0.4) is 0 Å². The van der Waals surface area contributed by atoms with Gasteiger partial charge in [-0.3, -0.25) is 19.7 Å². The van der Waals surface area contributed by atoms with Gasteiger partial charge in [0.1, 0.15) is 5.41 Å². The number of carboxylic acid groups (broad SMARTS) is 1. The quantitative estimate of drug-likeness (QED) is 0.472. The number of rotatable bonds is 6. The zero-order valence-electron chi connectivity index (χ0n) is 13.7. The van der Waals surface area contributed by atoms with Gasteiger partial charge in [-0.15, -0.1) is 0 Å². The van der Waals surface area contributed by atoms with Crippen molar-refractivity contribution in [2.45, 2.75) is 45.6 Å². The third kappa shape index (κ3) is 3.72. The molecule has 1 unspecified atom stereocenters. The average Bonchev–Trinajstić information content (AvgIpc) is 2.59. The number of amides is 1. The molecule has 130 valence electrons. The molecule has 2 N–H and O–H groups in total.